The lowest BCUT2D eigenvalue weighted by molar-refractivity contribution is -0.870. The summed E-state index contributed by atoms with van der Waals surface area (Å²) in [5, 5.41) is 0. The number of hydrogen-bond acceptors (Lipinski definition) is 8. The fraction of sp³-hybridized carbons (Fsp3) is 0.744. The van der Waals surface area contributed by atoms with Crippen molar-refractivity contribution in [3.05, 3.63) is 109 Å². The molecule has 0 aromatic heterocycles. The second-order valence-corrected chi connectivity index (χ2v) is 27.0. The fourth-order valence-corrected chi connectivity index (χ4v) is 10.9. The number of nitrogens with zero attached hydrogens (tertiary/aromatic N) is 1. The molecular weight excluding hydrogens is 1110 g/mol. The molecule has 0 amide bonds. The Labute approximate surface area is 544 Å². The molecule has 0 N–H and O–H groups in total. The summed E-state index contributed by atoms with van der Waals surface area (Å²) < 4.78 is 34.3. The summed E-state index contributed by atoms with van der Waals surface area (Å²) in [5.74, 6) is -0.837. The van der Waals surface area contributed by atoms with E-state index in [1.54, 1.807) is 0 Å². The van der Waals surface area contributed by atoms with Crippen LogP contribution in [-0.4, -0.2) is 70.0 Å². The minimum atomic E-state index is -4.65. The molecule has 2 unspecified atom stereocenters. The molecule has 0 saturated carbocycles. The molecule has 0 bridgehead atoms. The number of hydrogen-bond donors (Lipinski definition) is 0. The molecule has 2 atom stereocenters. The van der Waals surface area contributed by atoms with Gasteiger partial charge in [0.1, 0.15) is 19.8 Å². The number of esters is 2. The standard InChI is InChI=1S/C78H138NO8P/c1-6-8-10-12-14-16-18-20-22-24-26-28-30-32-34-36-38-39-41-43-45-47-49-51-53-55-57-59-61-63-65-67-69-71-78(81)87-76(75-86-88(82,83)85-73-72-79(3,4)5)74-84-77(80)70-68-66-64-62-60-58-56-54-52-50-48-46-44-42-40-37-35-33-31-29-27-25-23-21-19-17-15-13-11-9-7-2/h8,10,14,16,20,22,25-28,32,34,38-39,43,45,49,51,76H,6-7,9,11-13,15,17-19,21,23-24,29-31,33,35-37,40-42,44,46-48,50,52-75H2,1-5H3/b10-8-,16-14-,22-20-,27-25-,28-26-,34-32-,39-38-,45-43-,51-49-. The van der Waals surface area contributed by atoms with Gasteiger partial charge >= 0.3 is 11.9 Å². The molecule has 0 aromatic rings. The highest BCUT2D eigenvalue weighted by molar-refractivity contribution is 7.45. The summed E-state index contributed by atoms with van der Waals surface area (Å²) in [6, 6.07) is 0. The van der Waals surface area contributed by atoms with Gasteiger partial charge in [0.05, 0.1) is 27.7 Å². The van der Waals surface area contributed by atoms with Crippen molar-refractivity contribution in [3.8, 4) is 0 Å². The lowest BCUT2D eigenvalue weighted by atomic mass is 10.0. The van der Waals surface area contributed by atoms with E-state index in [1.807, 2.05) is 21.1 Å². The van der Waals surface area contributed by atoms with E-state index in [4.69, 9.17) is 18.5 Å². The highest BCUT2D eigenvalue weighted by atomic mass is 31.2. The van der Waals surface area contributed by atoms with Gasteiger partial charge in [-0.05, 0) is 103 Å². The van der Waals surface area contributed by atoms with E-state index in [-0.39, 0.29) is 32.0 Å². The highest BCUT2D eigenvalue weighted by Crippen LogP contribution is 2.38. The van der Waals surface area contributed by atoms with Crippen molar-refractivity contribution in [2.24, 2.45) is 0 Å². The zero-order valence-electron chi connectivity index (χ0n) is 57.9. The van der Waals surface area contributed by atoms with Crippen molar-refractivity contribution in [2.75, 3.05) is 47.5 Å². The number of quaternary nitrogens is 1. The first-order chi connectivity index (χ1) is 43.0. The van der Waals surface area contributed by atoms with Crippen molar-refractivity contribution >= 4 is 19.8 Å². The summed E-state index contributed by atoms with van der Waals surface area (Å²) in [4.78, 5) is 38.1. The molecule has 0 aromatic carbocycles. The zero-order valence-corrected chi connectivity index (χ0v) is 58.8. The van der Waals surface area contributed by atoms with Crippen LogP contribution >= 0.6 is 7.82 Å². The fourth-order valence-electron chi connectivity index (χ4n) is 10.2. The van der Waals surface area contributed by atoms with Crippen molar-refractivity contribution in [2.45, 2.75) is 328 Å². The van der Waals surface area contributed by atoms with Crippen LogP contribution in [0.3, 0.4) is 0 Å². The molecule has 0 aliphatic carbocycles. The number of rotatable bonds is 67. The van der Waals surface area contributed by atoms with Crippen molar-refractivity contribution in [1.82, 2.24) is 0 Å². The Kier molecular flexibility index (Phi) is 65.5. The molecule has 10 heteroatoms. The topological polar surface area (TPSA) is 111 Å². The number of carbonyl (C=O) groups is 2. The third kappa shape index (κ3) is 71.7. The first kappa shape index (κ1) is 84.7. The Balaban J connectivity index is 4.07. The number of carbonyl (C=O) groups excluding carboxylic acids is 2. The Hall–Kier alpha value is -3.33. The van der Waals surface area contributed by atoms with Gasteiger partial charge in [-0.3, -0.25) is 14.2 Å². The molecule has 508 valence electrons. The third-order valence-corrected chi connectivity index (χ3v) is 16.7. The van der Waals surface area contributed by atoms with Crippen LogP contribution in [0.25, 0.3) is 0 Å². The number of unbranched alkanes of at least 4 members (excludes halogenated alkanes) is 35. The van der Waals surface area contributed by atoms with E-state index in [0.717, 1.165) is 96.3 Å². The largest absolute Gasteiger partial charge is 0.756 e. The maximum atomic E-state index is 12.9. The summed E-state index contributed by atoms with van der Waals surface area (Å²) in [5.41, 5.74) is 0. The first-order valence-corrected chi connectivity index (χ1v) is 38.1. The smallest absolute Gasteiger partial charge is 0.306 e. The van der Waals surface area contributed by atoms with E-state index >= 15 is 0 Å². The normalized spacial score (nSPS) is 13.8. The Morgan fingerprint density at radius 2 is 0.648 bits per heavy atom. The second kappa shape index (κ2) is 68.0. The molecule has 0 aliphatic heterocycles. The van der Waals surface area contributed by atoms with Gasteiger partial charge in [-0.15, -0.1) is 0 Å². The molecule has 9 nitrogen and oxygen atoms in total. The van der Waals surface area contributed by atoms with E-state index < -0.39 is 26.5 Å². The molecule has 0 radical (unpaired) electrons. The molecule has 0 saturated heterocycles. The highest BCUT2D eigenvalue weighted by Gasteiger charge is 2.22. The number of phosphoric acid groups is 1. The van der Waals surface area contributed by atoms with Crippen LogP contribution in [-0.2, 0) is 32.7 Å². The van der Waals surface area contributed by atoms with Gasteiger partial charge in [-0.2, -0.15) is 0 Å². The maximum absolute atomic E-state index is 12.9. The van der Waals surface area contributed by atoms with Crippen molar-refractivity contribution in [3.63, 3.8) is 0 Å². The lowest BCUT2D eigenvalue weighted by Gasteiger charge is -2.28. The van der Waals surface area contributed by atoms with Crippen molar-refractivity contribution < 1.29 is 42.1 Å². The third-order valence-electron chi connectivity index (χ3n) is 15.8. The first-order valence-electron chi connectivity index (χ1n) is 36.6. The minimum absolute atomic E-state index is 0.0362. The average Bonchev–Trinajstić information content (AvgIpc) is 3.56. The summed E-state index contributed by atoms with van der Waals surface area (Å²) in [6.07, 6.45) is 96.1. The Morgan fingerprint density at radius 3 is 0.977 bits per heavy atom. The molecule has 0 aliphatic rings. The van der Waals surface area contributed by atoms with Crippen LogP contribution < -0.4 is 4.89 Å². The predicted molar refractivity (Wildman–Crippen MR) is 378 cm³/mol. The van der Waals surface area contributed by atoms with Crippen LogP contribution in [0.15, 0.2) is 109 Å². The zero-order chi connectivity index (χ0) is 64.1. The van der Waals surface area contributed by atoms with Crippen LogP contribution in [0.1, 0.15) is 322 Å². The Bertz CT molecular complexity index is 1850. The average molecular weight is 1250 g/mol. The van der Waals surface area contributed by atoms with Gasteiger partial charge in [0, 0.05) is 12.8 Å². The number of likely N-dealkylation sites (N-methyl/N-ethyl adjacent to an activating group) is 1. The molecule has 0 fully saturated rings. The van der Waals surface area contributed by atoms with Gasteiger partial charge in [-0.25, -0.2) is 0 Å². The van der Waals surface area contributed by atoms with E-state index in [0.29, 0.717) is 17.4 Å². The van der Waals surface area contributed by atoms with E-state index in [2.05, 4.69) is 123 Å². The van der Waals surface area contributed by atoms with Crippen LogP contribution in [0.5, 0.6) is 0 Å². The molecular formula is C78H138NO8P. The maximum Gasteiger partial charge on any atom is 0.306 e. The number of phosphoric ester groups is 1. The monoisotopic (exact) mass is 1250 g/mol. The number of ether oxygens (including phenoxy) is 2. The second-order valence-electron chi connectivity index (χ2n) is 25.6. The SMILES string of the molecule is CC/C=C\C/C=C\C/C=C\C/C=C\C/C=C\C/C=C\C/C=C\C/C=C\CCCCCCCCCCC(=O)OC(COC(=O)CCCCCCCCCCCCCCCCCCCCC/C=C\CCCCCCCCCC)COP(=O)([O-])OCC[N+](C)(C)C. The molecule has 0 rings (SSSR count). The van der Waals surface area contributed by atoms with Gasteiger partial charge in [0.15, 0.2) is 6.10 Å². The van der Waals surface area contributed by atoms with E-state index in [9.17, 15) is 19.0 Å². The predicted octanol–water partition coefficient (Wildman–Crippen LogP) is 23.4. The van der Waals surface area contributed by atoms with Crippen LogP contribution in [0.2, 0.25) is 0 Å². The quantitative estimate of drug-likeness (QED) is 0.0195. The summed E-state index contributed by atoms with van der Waals surface area (Å²) >= 11 is 0. The van der Waals surface area contributed by atoms with Gasteiger partial charge in [-0.1, -0.05) is 316 Å². The van der Waals surface area contributed by atoms with Gasteiger partial charge < -0.3 is 27.9 Å². The Morgan fingerprint density at radius 1 is 0.364 bits per heavy atom. The van der Waals surface area contributed by atoms with Gasteiger partial charge in [0.25, 0.3) is 7.82 Å². The van der Waals surface area contributed by atoms with Crippen LogP contribution in [0.4, 0.5) is 0 Å². The minimum Gasteiger partial charge on any atom is -0.756 e. The summed E-state index contributed by atoms with van der Waals surface area (Å²) in [7, 11) is 1.16. The number of allylic oxidation sites excluding steroid dienone is 18. The van der Waals surface area contributed by atoms with Gasteiger partial charge in [0.2, 0.25) is 0 Å². The van der Waals surface area contributed by atoms with E-state index in [1.165, 1.54) is 193 Å². The molecule has 0 spiro atoms. The molecule has 0 heterocycles. The van der Waals surface area contributed by atoms with Crippen LogP contribution in [0, 0.1) is 0 Å². The van der Waals surface area contributed by atoms with Crippen molar-refractivity contribution in [1.29, 1.82) is 0 Å². The molecule has 88 heavy (non-hydrogen) atoms. The summed E-state index contributed by atoms with van der Waals surface area (Å²) in [6.45, 7) is 4.15. The lowest BCUT2D eigenvalue weighted by Crippen LogP contribution is -2.37.